The SMILES string of the molecule is O=C(NCc1cccnc1)C1CCN(c2ccc(Br)cc2)C1=O. The molecule has 0 radical (unpaired) electrons. The fourth-order valence-corrected chi connectivity index (χ4v) is 2.88. The first-order valence-corrected chi connectivity index (χ1v) is 8.18. The van der Waals surface area contributed by atoms with E-state index in [0.717, 1.165) is 15.7 Å². The number of hydrogen-bond donors (Lipinski definition) is 1. The van der Waals surface area contributed by atoms with Crippen LogP contribution < -0.4 is 10.2 Å². The van der Waals surface area contributed by atoms with Crippen LogP contribution in [0.15, 0.2) is 53.3 Å². The Morgan fingerprint density at radius 3 is 2.78 bits per heavy atom. The second-order valence-electron chi connectivity index (χ2n) is 5.39. The Bertz CT molecular complexity index is 704. The van der Waals surface area contributed by atoms with Gasteiger partial charge in [0, 0.05) is 35.6 Å². The number of benzene rings is 1. The standard InChI is InChI=1S/C17H16BrN3O2/c18-13-3-5-14(6-4-13)21-9-7-15(17(21)23)16(22)20-11-12-2-1-8-19-10-12/h1-6,8,10,15H,7,9,11H2,(H,20,22). The number of nitrogens with one attached hydrogen (secondary N) is 1. The van der Waals surface area contributed by atoms with Crippen molar-refractivity contribution in [3.05, 3.63) is 58.8 Å². The molecule has 1 unspecified atom stereocenters. The van der Waals surface area contributed by atoms with Crippen molar-refractivity contribution in [2.75, 3.05) is 11.4 Å². The summed E-state index contributed by atoms with van der Waals surface area (Å²) in [7, 11) is 0. The van der Waals surface area contributed by atoms with E-state index in [2.05, 4.69) is 26.2 Å². The van der Waals surface area contributed by atoms with E-state index in [1.54, 1.807) is 17.3 Å². The van der Waals surface area contributed by atoms with Gasteiger partial charge in [-0.25, -0.2) is 0 Å². The Balaban J connectivity index is 1.62. The Labute approximate surface area is 142 Å². The minimum absolute atomic E-state index is 0.143. The molecule has 0 bridgehead atoms. The first-order valence-electron chi connectivity index (χ1n) is 7.39. The normalized spacial score (nSPS) is 17.3. The third kappa shape index (κ3) is 3.59. The first kappa shape index (κ1) is 15.7. The summed E-state index contributed by atoms with van der Waals surface area (Å²) in [4.78, 5) is 30.4. The van der Waals surface area contributed by atoms with Crippen molar-refractivity contribution in [1.29, 1.82) is 0 Å². The smallest absolute Gasteiger partial charge is 0.239 e. The second-order valence-corrected chi connectivity index (χ2v) is 6.30. The maximum Gasteiger partial charge on any atom is 0.239 e. The quantitative estimate of drug-likeness (QED) is 0.837. The number of amides is 2. The van der Waals surface area contributed by atoms with Gasteiger partial charge >= 0.3 is 0 Å². The summed E-state index contributed by atoms with van der Waals surface area (Å²) >= 11 is 3.37. The zero-order valence-corrected chi connectivity index (χ0v) is 14.0. The van der Waals surface area contributed by atoms with Crippen molar-refractivity contribution in [2.24, 2.45) is 5.92 Å². The van der Waals surface area contributed by atoms with Crippen LogP contribution in [0.3, 0.4) is 0 Å². The van der Waals surface area contributed by atoms with Crippen molar-refractivity contribution >= 4 is 33.4 Å². The summed E-state index contributed by atoms with van der Waals surface area (Å²) in [5, 5.41) is 2.82. The highest BCUT2D eigenvalue weighted by Crippen LogP contribution is 2.26. The number of rotatable bonds is 4. The van der Waals surface area contributed by atoms with Crippen LogP contribution in [0.5, 0.6) is 0 Å². The number of carbonyl (C=O) groups is 2. The molecule has 3 rings (SSSR count). The molecule has 1 saturated heterocycles. The fraction of sp³-hybridized carbons (Fsp3) is 0.235. The van der Waals surface area contributed by atoms with Crippen LogP contribution >= 0.6 is 15.9 Å². The van der Waals surface area contributed by atoms with Gasteiger partial charge in [0.2, 0.25) is 11.8 Å². The summed E-state index contributed by atoms with van der Waals surface area (Å²) < 4.78 is 0.957. The van der Waals surface area contributed by atoms with E-state index >= 15 is 0 Å². The lowest BCUT2D eigenvalue weighted by Gasteiger charge is -2.16. The molecular weight excluding hydrogens is 358 g/mol. The molecule has 5 nitrogen and oxygen atoms in total. The van der Waals surface area contributed by atoms with Crippen molar-refractivity contribution < 1.29 is 9.59 Å². The molecular formula is C17H16BrN3O2. The lowest BCUT2D eigenvalue weighted by Crippen LogP contribution is -2.36. The zero-order chi connectivity index (χ0) is 16.2. The molecule has 1 atom stereocenters. The molecule has 1 N–H and O–H groups in total. The van der Waals surface area contributed by atoms with Gasteiger partial charge in [-0.1, -0.05) is 22.0 Å². The molecule has 1 aromatic heterocycles. The molecule has 2 heterocycles. The van der Waals surface area contributed by atoms with E-state index in [1.807, 2.05) is 36.4 Å². The molecule has 0 saturated carbocycles. The maximum absolute atomic E-state index is 12.5. The minimum Gasteiger partial charge on any atom is -0.351 e. The highest BCUT2D eigenvalue weighted by Gasteiger charge is 2.37. The predicted molar refractivity (Wildman–Crippen MR) is 90.7 cm³/mol. The molecule has 1 aliphatic heterocycles. The van der Waals surface area contributed by atoms with Crippen molar-refractivity contribution in [3.63, 3.8) is 0 Å². The molecule has 2 amide bonds. The third-order valence-electron chi connectivity index (χ3n) is 3.85. The summed E-state index contributed by atoms with van der Waals surface area (Å²) in [6.45, 7) is 0.945. The Kier molecular flexibility index (Phi) is 4.71. The molecule has 2 aromatic rings. The van der Waals surface area contributed by atoms with Gasteiger partial charge in [0.25, 0.3) is 0 Å². The van der Waals surface area contributed by atoms with Gasteiger partial charge in [0.1, 0.15) is 5.92 Å². The molecule has 23 heavy (non-hydrogen) atoms. The summed E-state index contributed by atoms with van der Waals surface area (Å²) in [6.07, 6.45) is 3.92. The lowest BCUT2D eigenvalue weighted by atomic mass is 10.1. The molecule has 1 aromatic carbocycles. The first-order chi connectivity index (χ1) is 11.1. The largest absolute Gasteiger partial charge is 0.351 e. The minimum atomic E-state index is -0.615. The van der Waals surface area contributed by atoms with E-state index in [9.17, 15) is 9.59 Å². The molecule has 0 aliphatic carbocycles. The van der Waals surface area contributed by atoms with Crippen LogP contribution in [0.4, 0.5) is 5.69 Å². The Morgan fingerprint density at radius 1 is 1.30 bits per heavy atom. The highest BCUT2D eigenvalue weighted by atomic mass is 79.9. The molecule has 6 heteroatoms. The summed E-state index contributed by atoms with van der Waals surface area (Å²) in [6, 6.07) is 11.2. The Hall–Kier alpha value is -2.21. The van der Waals surface area contributed by atoms with Gasteiger partial charge in [-0.05, 0) is 42.3 Å². The lowest BCUT2D eigenvalue weighted by molar-refractivity contribution is -0.132. The monoisotopic (exact) mass is 373 g/mol. The van der Waals surface area contributed by atoms with E-state index in [1.165, 1.54) is 0 Å². The van der Waals surface area contributed by atoms with E-state index < -0.39 is 5.92 Å². The van der Waals surface area contributed by atoms with Crippen LogP contribution in [0, 0.1) is 5.92 Å². The molecule has 1 fully saturated rings. The average Bonchev–Trinajstić information content (AvgIpc) is 2.96. The number of hydrogen-bond acceptors (Lipinski definition) is 3. The Morgan fingerprint density at radius 2 is 2.09 bits per heavy atom. The van der Waals surface area contributed by atoms with E-state index in [4.69, 9.17) is 0 Å². The molecule has 118 valence electrons. The van der Waals surface area contributed by atoms with Gasteiger partial charge in [-0.3, -0.25) is 14.6 Å². The van der Waals surface area contributed by atoms with Crippen molar-refractivity contribution in [2.45, 2.75) is 13.0 Å². The van der Waals surface area contributed by atoms with E-state index in [0.29, 0.717) is 19.5 Å². The van der Waals surface area contributed by atoms with Crippen molar-refractivity contribution in [3.8, 4) is 0 Å². The van der Waals surface area contributed by atoms with Crippen LogP contribution in [0.1, 0.15) is 12.0 Å². The average molecular weight is 374 g/mol. The van der Waals surface area contributed by atoms with Gasteiger partial charge in [-0.2, -0.15) is 0 Å². The second kappa shape index (κ2) is 6.91. The summed E-state index contributed by atoms with van der Waals surface area (Å²) in [5.74, 6) is -0.982. The predicted octanol–water partition coefficient (Wildman–Crippen LogP) is 2.51. The van der Waals surface area contributed by atoms with Gasteiger partial charge in [0.15, 0.2) is 0 Å². The zero-order valence-electron chi connectivity index (χ0n) is 12.4. The number of nitrogens with zero attached hydrogens (tertiary/aromatic N) is 2. The molecule has 1 aliphatic rings. The number of pyridine rings is 1. The van der Waals surface area contributed by atoms with E-state index in [-0.39, 0.29) is 11.8 Å². The van der Waals surface area contributed by atoms with Crippen LogP contribution in [-0.2, 0) is 16.1 Å². The fourth-order valence-electron chi connectivity index (χ4n) is 2.62. The topological polar surface area (TPSA) is 62.3 Å². The summed E-state index contributed by atoms with van der Waals surface area (Å²) in [5.41, 5.74) is 1.73. The van der Waals surface area contributed by atoms with Crippen LogP contribution in [0.25, 0.3) is 0 Å². The highest BCUT2D eigenvalue weighted by molar-refractivity contribution is 9.10. The third-order valence-corrected chi connectivity index (χ3v) is 4.38. The number of halogens is 1. The number of carbonyl (C=O) groups excluding carboxylic acids is 2. The van der Waals surface area contributed by atoms with Gasteiger partial charge in [-0.15, -0.1) is 0 Å². The van der Waals surface area contributed by atoms with Gasteiger partial charge < -0.3 is 10.2 Å². The number of aromatic nitrogens is 1. The number of anilines is 1. The van der Waals surface area contributed by atoms with Crippen LogP contribution in [-0.4, -0.2) is 23.3 Å². The van der Waals surface area contributed by atoms with Gasteiger partial charge in [0.05, 0.1) is 0 Å². The maximum atomic E-state index is 12.5. The van der Waals surface area contributed by atoms with Crippen molar-refractivity contribution in [1.82, 2.24) is 10.3 Å². The molecule has 0 spiro atoms. The van der Waals surface area contributed by atoms with Crippen LogP contribution in [0.2, 0.25) is 0 Å².